The van der Waals surface area contributed by atoms with Crippen molar-refractivity contribution in [3.05, 3.63) is 51.4 Å². The van der Waals surface area contributed by atoms with Gasteiger partial charge in [0.15, 0.2) is 5.01 Å². The van der Waals surface area contributed by atoms with Crippen LogP contribution < -0.4 is 16.0 Å². The van der Waals surface area contributed by atoms with Crippen molar-refractivity contribution < 1.29 is 18.8 Å². The number of carbonyl (C=O) groups is 3. The van der Waals surface area contributed by atoms with E-state index in [1.165, 1.54) is 23.5 Å². The molecule has 3 atom stereocenters. The smallest absolute Gasteiger partial charge is 0.280 e. The van der Waals surface area contributed by atoms with E-state index in [-0.39, 0.29) is 47.9 Å². The van der Waals surface area contributed by atoms with Crippen LogP contribution in [0, 0.1) is 11.7 Å². The molecule has 4 N–H and O–H groups in total. The molecule has 0 spiro atoms. The number of hydrogen-bond acceptors (Lipinski definition) is 6. The molecule has 1 saturated carbocycles. The molecule has 12 heteroatoms. The molecule has 192 valence electrons. The maximum Gasteiger partial charge on any atom is 0.280 e. The predicted molar refractivity (Wildman–Crippen MR) is 137 cm³/mol. The van der Waals surface area contributed by atoms with Gasteiger partial charge in [-0.25, -0.2) is 9.37 Å². The van der Waals surface area contributed by atoms with Crippen molar-refractivity contribution in [1.29, 1.82) is 0 Å². The molecule has 3 aromatic rings. The molecule has 1 aromatic carbocycles. The number of nitrogens with one attached hydrogen (secondary N) is 4. The van der Waals surface area contributed by atoms with Crippen molar-refractivity contribution in [1.82, 2.24) is 30.8 Å². The van der Waals surface area contributed by atoms with Gasteiger partial charge in [-0.2, -0.15) is 0 Å². The fourth-order valence-corrected chi connectivity index (χ4v) is 5.80. The average molecular weight is 535 g/mol. The van der Waals surface area contributed by atoms with E-state index >= 15 is 0 Å². The summed E-state index contributed by atoms with van der Waals surface area (Å²) in [6, 6.07) is 5.09. The number of thiazole rings is 1. The Morgan fingerprint density at radius 1 is 1.08 bits per heavy atom. The van der Waals surface area contributed by atoms with Crippen LogP contribution in [0.3, 0.4) is 0 Å². The maximum absolute atomic E-state index is 13.6. The maximum atomic E-state index is 13.6. The van der Waals surface area contributed by atoms with Crippen LogP contribution in [0.2, 0.25) is 0 Å². The van der Waals surface area contributed by atoms with Gasteiger partial charge in [0.1, 0.15) is 11.5 Å². The Bertz CT molecular complexity index is 1290. The number of halogens is 2. The minimum absolute atomic E-state index is 0. The number of hydrogen-bond donors (Lipinski definition) is 4. The van der Waals surface area contributed by atoms with E-state index in [9.17, 15) is 18.8 Å². The lowest BCUT2D eigenvalue weighted by Gasteiger charge is -2.37. The highest BCUT2D eigenvalue weighted by atomic mass is 35.5. The lowest BCUT2D eigenvalue weighted by Crippen LogP contribution is -2.56. The second-order valence-electron chi connectivity index (χ2n) is 9.31. The number of aromatic nitrogens is 2. The third kappa shape index (κ3) is 5.23. The zero-order valence-electron chi connectivity index (χ0n) is 19.9. The Balaban J connectivity index is 0.00000304. The Morgan fingerprint density at radius 3 is 2.61 bits per heavy atom. The number of amides is 3. The Morgan fingerprint density at radius 2 is 1.86 bits per heavy atom. The van der Waals surface area contributed by atoms with Crippen LogP contribution in [0.1, 0.15) is 50.1 Å². The second-order valence-corrected chi connectivity index (χ2v) is 10.4. The number of fused-ring (bicyclic) bond motifs is 2. The highest BCUT2D eigenvalue weighted by molar-refractivity contribution is 7.13. The lowest BCUT2D eigenvalue weighted by molar-refractivity contribution is -0.134. The van der Waals surface area contributed by atoms with Crippen LogP contribution >= 0.6 is 23.7 Å². The van der Waals surface area contributed by atoms with E-state index in [4.69, 9.17) is 0 Å². The van der Waals surface area contributed by atoms with Crippen molar-refractivity contribution in [3.8, 4) is 0 Å². The van der Waals surface area contributed by atoms with Crippen LogP contribution in [0.5, 0.6) is 0 Å². The Hall–Kier alpha value is -3.02. The molecule has 9 nitrogen and oxygen atoms in total. The van der Waals surface area contributed by atoms with Crippen LogP contribution in [0.4, 0.5) is 4.39 Å². The summed E-state index contributed by atoms with van der Waals surface area (Å²) < 4.78 is 13.6. The van der Waals surface area contributed by atoms with Gasteiger partial charge in [-0.15, -0.1) is 23.7 Å². The van der Waals surface area contributed by atoms with Crippen LogP contribution in [-0.2, 0) is 17.9 Å². The van der Waals surface area contributed by atoms with E-state index in [1.807, 2.05) is 0 Å². The Labute approximate surface area is 217 Å². The van der Waals surface area contributed by atoms with E-state index in [2.05, 4.69) is 25.9 Å². The number of aromatic amines is 1. The first kappa shape index (κ1) is 26.1. The molecule has 3 heterocycles. The first-order chi connectivity index (χ1) is 16.8. The van der Waals surface area contributed by atoms with Crippen molar-refractivity contribution in [2.75, 3.05) is 14.1 Å². The van der Waals surface area contributed by atoms with E-state index in [1.54, 1.807) is 31.1 Å². The molecular formula is C24H28ClFN6O3S. The van der Waals surface area contributed by atoms with Crippen molar-refractivity contribution in [2.24, 2.45) is 5.92 Å². The molecule has 2 aliphatic rings. The standard InChI is InChI=1S/C24H27FN6O3S.ClH/c1-31(2)24(34)12-3-5-16(28-21(32)18-9-13-7-14(25)4-6-15(13)27-18)17(8-12)29-22(33)23-30-19-10-26-11-20(19)35-23;/h4,6-7,9,12,16-17,26-27H,3,5,8,10-11H2,1-2H3,(H,28,32)(H,29,33);1H/t12-,16-,17-;/m0./s1. The number of benzene rings is 1. The lowest BCUT2D eigenvalue weighted by atomic mass is 9.81. The summed E-state index contributed by atoms with van der Waals surface area (Å²) in [4.78, 5) is 48.8. The molecule has 0 saturated heterocycles. The number of carbonyl (C=O) groups excluding carboxylic acids is 3. The minimum Gasteiger partial charge on any atom is -0.351 e. The Kier molecular flexibility index (Phi) is 7.62. The number of rotatable bonds is 5. The van der Waals surface area contributed by atoms with Crippen LogP contribution in [0.15, 0.2) is 24.3 Å². The van der Waals surface area contributed by atoms with E-state index < -0.39 is 6.04 Å². The van der Waals surface area contributed by atoms with Gasteiger partial charge in [0.05, 0.1) is 11.7 Å². The third-order valence-corrected chi connectivity index (χ3v) is 7.75. The minimum atomic E-state index is -0.437. The summed E-state index contributed by atoms with van der Waals surface area (Å²) >= 11 is 1.36. The molecular weight excluding hydrogens is 507 g/mol. The molecule has 1 aliphatic carbocycles. The molecule has 0 unspecified atom stereocenters. The molecule has 1 aliphatic heterocycles. The van der Waals surface area contributed by atoms with Gasteiger partial charge in [-0.3, -0.25) is 14.4 Å². The van der Waals surface area contributed by atoms with Gasteiger partial charge in [0.25, 0.3) is 11.8 Å². The van der Waals surface area contributed by atoms with Gasteiger partial charge in [0, 0.05) is 54.9 Å². The van der Waals surface area contributed by atoms with Gasteiger partial charge in [0.2, 0.25) is 5.91 Å². The van der Waals surface area contributed by atoms with E-state index in [0.717, 1.165) is 10.6 Å². The first-order valence-electron chi connectivity index (χ1n) is 11.6. The topological polar surface area (TPSA) is 119 Å². The summed E-state index contributed by atoms with van der Waals surface area (Å²) in [6.45, 7) is 1.35. The molecule has 0 bridgehead atoms. The van der Waals surface area contributed by atoms with Gasteiger partial charge in [-0.05, 0) is 43.5 Å². The van der Waals surface area contributed by atoms with Crippen molar-refractivity contribution in [2.45, 2.75) is 44.4 Å². The predicted octanol–water partition coefficient (Wildman–Crippen LogP) is 2.57. The normalized spacial score (nSPS) is 20.9. The SMILES string of the molecule is CN(C)C(=O)[C@H]1CC[C@H](NC(=O)c2cc3cc(F)ccc3[nH]2)[C@@H](NC(=O)c2nc3c(s2)CNC3)C1.Cl. The van der Waals surface area contributed by atoms with Gasteiger partial charge < -0.3 is 25.8 Å². The van der Waals surface area contributed by atoms with Gasteiger partial charge in [-0.1, -0.05) is 0 Å². The highest BCUT2D eigenvalue weighted by Crippen LogP contribution is 2.28. The zero-order valence-corrected chi connectivity index (χ0v) is 21.5. The van der Waals surface area contributed by atoms with Crippen molar-refractivity contribution in [3.63, 3.8) is 0 Å². The monoisotopic (exact) mass is 534 g/mol. The number of nitrogens with zero attached hydrogens (tertiary/aromatic N) is 2. The van der Waals surface area contributed by atoms with Crippen LogP contribution in [-0.4, -0.2) is 58.8 Å². The van der Waals surface area contributed by atoms with Crippen molar-refractivity contribution >= 4 is 52.4 Å². The fourth-order valence-electron chi connectivity index (χ4n) is 4.85. The quantitative estimate of drug-likeness (QED) is 0.401. The summed E-state index contributed by atoms with van der Waals surface area (Å²) in [5.41, 5.74) is 1.86. The van der Waals surface area contributed by atoms with Crippen LogP contribution in [0.25, 0.3) is 10.9 Å². The summed E-state index contributed by atoms with van der Waals surface area (Å²) in [5, 5.41) is 10.2. The molecule has 36 heavy (non-hydrogen) atoms. The summed E-state index contributed by atoms with van der Waals surface area (Å²) in [7, 11) is 3.43. The van der Waals surface area contributed by atoms with Gasteiger partial charge >= 0.3 is 0 Å². The fraction of sp³-hybridized carbons (Fsp3) is 0.417. The largest absolute Gasteiger partial charge is 0.351 e. The zero-order chi connectivity index (χ0) is 24.7. The third-order valence-electron chi connectivity index (χ3n) is 6.65. The summed E-state index contributed by atoms with van der Waals surface area (Å²) in [5.74, 6) is -1.26. The summed E-state index contributed by atoms with van der Waals surface area (Å²) in [6.07, 6.45) is 1.55. The molecule has 0 radical (unpaired) electrons. The molecule has 5 rings (SSSR count). The first-order valence-corrected chi connectivity index (χ1v) is 12.4. The highest BCUT2D eigenvalue weighted by Gasteiger charge is 2.37. The number of H-pyrrole nitrogens is 1. The molecule has 3 amide bonds. The average Bonchev–Trinajstić information content (AvgIpc) is 3.54. The molecule has 1 fully saturated rings. The molecule has 2 aromatic heterocycles. The van der Waals surface area contributed by atoms with E-state index in [0.29, 0.717) is 54.0 Å². The second kappa shape index (κ2) is 10.5.